The van der Waals surface area contributed by atoms with Crippen LogP contribution < -0.4 is 4.74 Å². The maximum atomic E-state index is 14.5. The predicted octanol–water partition coefficient (Wildman–Crippen LogP) is 5.35. The third-order valence-electron chi connectivity index (χ3n) is 4.59. The summed E-state index contributed by atoms with van der Waals surface area (Å²) in [5.41, 5.74) is 3.84. The molecule has 0 N–H and O–H groups in total. The summed E-state index contributed by atoms with van der Waals surface area (Å²) in [5.74, 6) is 0.0336. The summed E-state index contributed by atoms with van der Waals surface area (Å²) in [6, 6.07) is 17.0. The van der Waals surface area contributed by atoms with E-state index in [0.717, 1.165) is 28.8 Å². The van der Waals surface area contributed by atoms with Gasteiger partial charge in [0.2, 0.25) is 0 Å². The van der Waals surface area contributed by atoms with Gasteiger partial charge in [-0.15, -0.1) is 0 Å². The second-order valence-electron chi connectivity index (χ2n) is 6.49. The van der Waals surface area contributed by atoms with Gasteiger partial charge in [0.05, 0.1) is 23.7 Å². The molecular weight excluding hydrogens is 346 g/mol. The van der Waals surface area contributed by atoms with Crippen molar-refractivity contribution in [2.75, 3.05) is 7.11 Å². The Morgan fingerprint density at radius 2 is 1.74 bits per heavy atom. The van der Waals surface area contributed by atoms with Gasteiger partial charge in [-0.1, -0.05) is 29.8 Å². The molecule has 0 saturated heterocycles. The maximum absolute atomic E-state index is 14.5. The Bertz CT molecular complexity index is 1120. The molecule has 0 aliphatic heterocycles. The van der Waals surface area contributed by atoms with Crippen molar-refractivity contribution in [3.8, 4) is 17.1 Å². The molecule has 3 nitrogen and oxygen atoms in total. The Morgan fingerprint density at radius 3 is 2.48 bits per heavy atom. The zero-order chi connectivity index (χ0) is 19.0. The van der Waals surface area contributed by atoms with Gasteiger partial charge in [-0.05, 0) is 42.8 Å². The number of imidazole rings is 1. The van der Waals surface area contributed by atoms with Crippen LogP contribution in [0.4, 0.5) is 8.78 Å². The van der Waals surface area contributed by atoms with E-state index in [0.29, 0.717) is 23.6 Å². The average molecular weight is 364 g/mol. The van der Waals surface area contributed by atoms with Crippen molar-refractivity contribution >= 4 is 11.0 Å². The van der Waals surface area contributed by atoms with Crippen LogP contribution in [0.1, 0.15) is 11.1 Å². The predicted molar refractivity (Wildman–Crippen MR) is 102 cm³/mol. The van der Waals surface area contributed by atoms with Gasteiger partial charge in [0, 0.05) is 12.6 Å². The fourth-order valence-corrected chi connectivity index (χ4v) is 3.15. The molecule has 136 valence electrons. The molecule has 1 heterocycles. The first-order valence-electron chi connectivity index (χ1n) is 8.60. The normalized spacial score (nSPS) is 11.1. The minimum Gasteiger partial charge on any atom is -0.497 e. The molecule has 0 saturated carbocycles. The monoisotopic (exact) mass is 364 g/mol. The molecule has 0 fully saturated rings. The molecule has 4 aromatic rings. The molecule has 0 aliphatic carbocycles. The number of hydrogen-bond acceptors (Lipinski definition) is 2. The van der Waals surface area contributed by atoms with Crippen molar-refractivity contribution in [1.82, 2.24) is 9.55 Å². The molecule has 5 heteroatoms. The number of ether oxygens (including phenoxy) is 1. The van der Waals surface area contributed by atoms with Crippen molar-refractivity contribution < 1.29 is 13.5 Å². The summed E-state index contributed by atoms with van der Waals surface area (Å²) in [4.78, 5) is 4.58. The van der Waals surface area contributed by atoms with E-state index in [4.69, 9.17) is 4.74 Å². The number of halogens is 2. The minimum atomic E-state index is -0.510. The highest BCUT2D eigenvalue weighted by molar-refractivity contribution is 5.82. The number of methoxy groups -OCH3 is 1. The molecule has 27 heavy (non-hydrogen) atoms. The van der Waals surface area contributed by atoms with Gasteiger partial charge in [-0.2, -0.15) is 0 Å². The summed E-state index contributed by atoms with van der Waals surface area (Å²) in [6.07, 6.45) is 0. The van der Waals surface area contributed by atoms with Crippen LogP contribution >= 0.6 is 0 Å². The van der Waals surface area contributed by atoms with E-state index in [2.05, 4.69) is 4.98 Å². The lowest BCUT2D eigenvalue weighted by Gasteiger charge is -2.11. The SMILES string of the molecule is COc1ccc2c(c1)nc(-c1cc(F)ccc1F)n2Cc1ccc(C)cc1. The molecule has 0 amide bonds. The van der Waals surface area contributed by atoms with Crippen LogP contribution in [0.5, 0.6) is 5.75 Å². The molecule has 0 aliphatic rings. The van der Waals surface area contributed by atoms with Crippen LogP contribution in [0.25, 0.3) is 22.4 Å². The molecule has 0 unspecified atom stereocenters. The second kappa shape index (κ2) is 6.83. The lowest BCUT2D eigenvalue weighted by atomic mass is 10.1. The fraction of sp³-hybridized carbons (Fsp3) is 0.136. The lowest BCUT2D eigenvalue weighted by molar-refractivity contribution is 0.415. The van der Waals surface area contributed by atoms with Gasteiger partial charge in [0.1, 0.15) is 23.2 Å². The summed E-state index contributed by atoms with van der Waals surface area (Å²) < 4.78 is 35.4. The van der Waals surface area contributed by atoms with Crippen molar-refractivity contribution in [3.63, 3.8) is 0 Å². The van der Waals surface area contributed by atoms with Gasteiger partial charge in [0.25, 0.3) is 0 Å². The molecule has 0 bridgehead atoms. The number of hydrogen-bond donors (Lipinski definition) is 0. The van der Waals surface area contributed by atoms with Crippen molar-refractivity contribution in [2.45, 2.75) is 13.5 Å². The molecular formula is C22H18F2N2O. The average Bonchev–Trinajstić information content (AvgIpc) is 3.02. The van der Waals surface area contributed by atoms with Crippen molar-refractivity contribution in [3.05, 3.63) is 83.4 Å². The Balaban J connectivity index is 1.93. The smallest absolute Gasteiger partial charge is 0.144 e. The van der Waals surface area contributed by atoms with Crippen molar-refractivity contribution in [2.24, 2.45) is 0 Å². The van der Waals surface area contributed by atoms with Gasteiger partial charge in [0.15, 0.2) is 0 Å². The molecule has 0 radical (unpaired) electrons. The van der Waals surface area contributed by atoms with Crippen LogP contribution in [0.15, 0.2) is 60.7 Å². The topological polar surface area (TPSA) is 27.1 Å². The third-order valence-corrected chi connectivity index (χ3v) is 4.59. The number of nitrogens with zero attached hydrogens (tertiary/aromatic N) is 2. The minimum absolute atomic E-state index is 0.136. The van der Waals surface area contributed by atoms with Crippen LogP contribution in [-0.2, 0) is 6.54 Å². The second-order valence-corrected chi connectivity index (χ2v) is 6.49. The summed E-state index contributed by atoms with van der Waals surface area (Å²) in [6.45, 7) is 2.52. The van der Waals surface area contributed by atoms with Crippen LogP contribution in [0, 0.1) is 18.6 Å². The number of aryl methyl sites for hydroxylation is 1. The largest absolute Gasteiger partial charge is 0.497 e. The Morgan fingerprint density at radius 1 is 0.963 bits per heavy atom. The first kappa shape index (κ1) is 17.2. The Kier molecular flexibility index (Phi) is 4.36. The zero-order valence-corrected chi connectivity index (χ0v) is 15.0. The number of rotatable bonds is 4. The van der Waals surface area contributed by atoms with Crippen LogP contribution in [0.3, 0.4) is 0 Å². The van der Waals surface area contributed by atoms with E-state index >= 15 is 0 Å². The third kappa shape index (κ3) is 3.28. The van der Waals surface area contributed by atoms with Gasteiger partial charge in [-0.3, -0.25) is 0 Å². The summed E-state index contributed by atoms with van der Waals surface area (Å²) in [5, 5.41) is 0. The molecule has 3 aromatic carbocycles. The van der Waals surface area contributed by atoms with Gasteiger partial charge < -0.3 is 9.30 Å². The van der Waals surface area contributed by atoms with E-state index < -0.39 is 11.6 Å². The van der Waals surface area contributed by atoms with E-state index in [9.17, 15) is 8.78 Å². The van der Waals surface area contributed by atoms with Gasteiger partial charge >= 0.3 is 0 Å². The lowest BCUT2D eigenvalue weighted by Crippen LogP contribution is -2.03. The Labute approximate surface area is 155 Å². The summed E-state index contributed by atoms with van der Waals surface area (Å²) in [7, 11) is 1.58. The van der Waals surface area contributed by atoms with Crippen LogP contribution in [0.2, 0.25) is 0 Å². The highest BCUT2D eigenvalue weighted by Gasteiger charge is 2.17. The molecule has 0 spiro atoms. The number of fused-ring (bicyclic) bond motifs is 1. The standard InChI is InChI=1S/C22H18F2N2O/c1-14-3-5-15(6-4-14)13-26-21-10-8-17(27-2)12-20(21)25-22(26)18-11-16(23)7-9-19(18)24/h3-12H,13H2,1-2H3. The highest BCUT2D eigenvalue weighted by Crippen LogP contribution is 2.30. The van der Waals surface area contributed by atoms with Gasteiger partial charge in [-0.25, -0.2) is 13.8 Å². The van der Waals surface area contributed by atoms with Crippen molar-refractivity contribution in [1.29, 1.82) is 0 Å². The highest BCUT2D eigenvalue weighted by atomic mass is 19.1. The summed E-state index contributed by atoms with van der Waals surface area (Å²) >= 11 is 0. The van der Waals surface area contributed by atoms with Crippen LogP contribution in [-0.4, -0.2) is 16.7 Å². The maximum Gasteiger partial charge on any atom is 0.144 e. The number of benzene rings is 3. The van der Waals surface area contributed by atoms with E-state index in [-0.39, 0.29) is 5.56 Å². The van der Waals surface area contributed by atoms with E-state index in [1.807, 2.05) is 47.9 Å². The fourth-order valence-electron chi connectivity index (χ4n) is 3.15. The first-order valence-corrected chi connectivity index (χ1v) is 8.60. The number of aromatic nitrogens is 2. The molecule has 0 atom stereocenters. The molecule has 4 rings (SSSR count). The Hall–Kier alpha value is -3.21. The molecule has 1 aromatic heterocycles. The van der Waals surface area contributed by atoms with E-state index in [1.54, 1.807) is 13.2 Å². The first-order chi connectivity index (χ1) is 13.0. The zero-order valence-electron chi connectivity index (χ0n) is 15.0. The van der Waals surface area contributed by atoms with E-state index in [1.165, 1.54) is 6.07 Å². The quantitative estimate of drug-likeness (QED) is 0.488.